The quantitative estimate of drug-likeness (QED) is 0.174. The highest BCUT2D eigenvalue weighted by atomic mass is 32.1. The first-order valence-electron chi connectivity index (χ1n) is 17.1. The summed E-state index contributed by atoms with van der Waals surface area (Å²) in [6, 6.07) is 68.6. The number of aromatic nitrogens is 1. The second-order valence-electron chi connectivity index (χ2n) is 13.0. The van der Waals surface area contributed by atoms with Crippen LogP contribution < -0.4 is 0 Å². The molecular formula is C48H31NS. The molecule has 2 heterocycles. The van der Waals surface area contributed by atoms with Gasteiger partial charge in [0.15, 0.2) is 0 Å². The smallest absolute Gasteiger partial charge is 0.0541 e. The van der Waals surface area contributed by atoms with E-state index in [4.69, 9.17) is 0 Å². The van der Waals surface area contributed by atoms with Gasteiger partial charge in [0, 0.05) is 36.6 Å². The van der Waals surface area contributed by atoms with Gasteiger partial charge in [-0.15, -0.1) is 11.3 Å². The third-order valence-electron chi connectivity index (χ3n) is 10.0. The van der Waals surface area contributed by atoms with Crippen LogP contribution in [0.3, 0.4) is 0 Å². The maximum Gasteiger partial charge on any atom is 0.0541 e. The van der Waals surface area contributed by atoms with E-state index in [1.165, 1.54) is 86.5 Å². The lowest BCUT2D eigenvalue weighted by atomic mass is 9.98. The molecule has 0 bridgehead atoms. The molecule has 0 aliphatic carbocycles. The minimum Gasteiger partial charge on any atom is -0.309 e. The van der Waals surface area contributed by atoms with Crippen molar-refractivity contribution in [2.75, 3.05) is 0 Å². The standard InChI is InChI=1S/C48H31NS/c1-2-9-32(10-3-1)36-11-8-12-37(29-36)38-24-28-46-44(30-38)41-13-4-6-15-45(41)49(46)40-25-21-34(22-26-40)33-17-19-35(20-18-33)39-23-27-43-42-14-5-7-16-47(42)50-48(43)31-39/h1-31H. The fourth-order valence-corrected chi connectivity index (χ4v) is 8.65. The summed E-state index contributed by atoms with van der Waals surface area (Å²) in [6.07, 6.45) is 0. The normalized spacial score (nSPS) is 11.6. The van der Waals surface area contributed by atoms with Gasteiger partial charge in [0.25, 0.3) is 0 Å². The zero-order valence-electron chi connectivity index (χ0n) is 27.3. The van der Waals surface area contributed by atoms with Crippen LogP contribution in [-0.2, 0) is 0 Å². The van der Waals surface area contributed by atoms with E-state index in [-0.39, 0.29) is 0 Å². The van der Waals surface area contributed by atoms with Crippen LogP contribution in [0.15, 0.2) is 188 Å². The van der Waals surface area contributed by atoms with E-state index in [1.807, 2.05) is 11.3 Å². The molecule has 0 radical (unpaired) electrons. The molecule has 0 spiro atoms. The predicted molar refractivity (Wildman–Crippen MR) is 215 cm³/mol. The topological polar surface area (TPSA) is 4.93 Å². The Hall–Kier alpha value is -6.22. The molecular weight excluding hydrogens is 623 g/mol. The van der Waals surface area contributed by atoms with Crippen molar-refractivity contribution in [2.45, 2.75) is 0 Å². The number of hydrogen-bond donors (Lipinski definition) is 0. The highest BCUT2D eigenvalue weighted by Crippen LogP contribution is 2.38. The average Bonchev–Trinajstić information content (AvgIpc) is 3.73. The maximum atomic E-state index is 2.39. The van der Waals surface area contributed by atoms with Crippen molar-refractivity contribution in [1.82, 2.24) is 4.57 Å². The molecule has 1 nitrogen and oxygen atoms in total. The fraction of sp³-hybridized carbons (Fsp3) is 0. The number of benzene rings is 8. The number of fused-ring (bicyclic) bond motifs is 6. The summed E-state index contributed by atoms with van der Waals surface area (Å²) >= 11 is 1.87. The van der Waals surface area contributed by atoms with Gasteiger partial charge in [-0.1, -0.05) is 140 Å². The molecule has 0 saturated carbocycles. The molecule has 8 aromatic carbocycles. The first-order valence-corrected chi connectivity index (χ1v) is 17.9. The van der Waals surface area contributed by atoms with Gasteiger partial charge in [0.05, 0.1) is 11.0 Å². The van der Waals surface area contributed by atoms with Crippen molar-refractivity contribution in [3.05, 3.63) is 188 Å². The van der Waals surface area contributed by atoms with Gasteiger partial charge >= 0.3 is 0 Å². The molecule has 0 fully saturated rings. The molecule has 0 amide bonds. The van der Waals surface area contributed by atoms with Crippen molar-refractivity contribution >= 4 is 53.3 Å². The van der Waals surface area contributed by atoms with Crippen molar-refractivity contribution in [1.29, 1.82) is 0 Å². The van der Waals surface area contributed by atoms with Crippen LogP contribution in [0.1, 0.15) is 0 Å². The van der Waals surface area contributed by atoms with E-state index < -0.39 is 0 Å². The summed E-state index contributed by atoms with van der Waals surface area (Å²) in [5.41, 5.74) is 13.4. The summed E-state index contributed by atoms with van der Waals surface area (Å²) in [7, 11) is 0. The summed E-state index contributed by atoms with van der Waals surface area (Å²) in [6.45, 7) is 0. The van der Waals surface area contributed by atoms with Crippen LogP contribution in [0.25, 0.3) is 92.2 Å². The summed E-state index contributed by atoms with van der Waals surface area (Å²) in [4.78, 5) is 0. The van der Waals surface area contributed by atoms with E-state index in [9.17, 15) is 0 Å². The van der Waals surface area contributed by atoms with Gasteiger partial charge in [0.2, 0.25) is 0 Å². The first kappa shape index (κ1) is 28.8. The highest BCUT2D eigenvalue weighted by molar-refractivity contribution is 7.25. The Kier molecular flexibility index (Phi) is 6.75. The number of nitrogens with zero attached hydrogens (tertiary/aromatic N) is 1. The van der Waals surface area contributed by atoms with Crippen LogP contribution in [0, 0.1) is 0 Å². The number of thiophene rings is 1. The van der Waals surface area contributed by atoms with Gasteiger partial charge in [-0.05, 0) is 93.0 Å². The van der Waals surface area contributed by atoms with Gasteiger partial charge in [0.1, 0.15) is 0 Å². The zero-order chi connectivity index (χ0) is 33.0. The van der Waals surface area contributed by atoms with E-state index >= 15 is 0 Å². The van der Waals surface area contributed by atoms with Gasteiger partial charge in [-0.3, -0.25) is 0 Å². The van der Waals surface area contributed by atoms with Crippen molar-refractivity contribution in [2.24, 2.45) is 0 Å². The Labute approximate surface area is 295 Å². The van der Waals surface area contributed by atoms with Crippen molar-refractivity contribution in [3.8, 4) is 50.2 Å². The van der Waals surface area contributed by atoms with Crippen molar-refractivity contribution in [3.63, 3.8) is 0 Å². The molecule has 50 heavy (non-hydrogen) atoms. The molecule has 10 rings (SSSR count). The molecule has 0 aliphatic rings. The fourth-order valence-electron chi connectivity index (χ4n) is 7.50. The van der Waals surface area contributed by atoms with Crippen LogP contribution >= 0.6 is 11.3 Å². The molecule has 0 N–H and O–H groups in total. The molecule has 234 valence electrons. The Morgan fingerprint density at radius 3 is 1.58 bits per heavy atom. The third kappa shape index (κ3) is 4.84. The van der Waals surface area contributed by atoms with Crippen LogP contribution in [0.4, 0.5) is 0 Å². The van der Waals surface area contributed by atoms with Crippen LogP contribution in [0.5, 0.6) is 0 Å². The molecule has 0 aliphatic heterocycles. The minimum absolute atomic E-state index is 1.16. The molecule has 0 atom stereocenters. The van der Waals surface area contributed by atoms with Crippen LogP contribution in [0.2, 0.25) is 0 Å². The molecule has 0 unspecified atom stereocenters. The van der Waals surface area contributed by atoms with E-state index in [0.29, 0.717) is 0 Å². The lowest BCUT2D eigenvalue weighted by Crippen LogP contribution is -1.93. The minimum atomic E-state index is 1.16. The van der Waals surface area contributed by atoms with Crippen molar-refractivity contribution < 1.29 is 0 Å². The second kappa shape index (κ2) is 11.7. The monoisotopic (exact) mass is 653 g/mol. The Morgan fingerprint density at radius 2 is 0.780 bits per heavy atom. The van der Waals surface area contributed by atoms with E-state index in [2.05, 4.69) is 193 Å². The number of para-hydroxylation sites is 1. The van der Waals surface area contributed by atoms with Crippen LogP contribution in [-0.4, -0.2) is 4.57 Å². The molecule has 10 aromatic rings. The average molecular weight is 654 g/mol. The van der Waals surface area contributed by atoms with E-state index in [1.54, 1.807) is 0 Å². The Balaban J connectivity index is 0.975. The molecule has 2 aromatic heterocycles. The third-order valence-corrected chi connectivity index (χ3v) is 11.2. The van der Waals surface area contributed by atoms with Gasteiger partial charge in [-0.25, -0.2) is 0 Å². The summed E-state index contributed by atoms with van der Waals surface area (Å²) < 4.78 is 5.07. The second-order valence-corrected chi connectivity index (χ2v) is 14.0. The summed E-state index contributed by atoms with van der Waals surface area (Å²) in [5, 5.41) is 5.20. The predicted octanol–water partition coefficient (Wildman–Crippen LogP) is 13.8. The zero-order valence-corrected chi connectivity index (χ0v) is 28.1. The highest BCUT2D eigenvalue weighted by Gasteiger charge is 2.14. The number of hydrogen-bond acceptors (Lipinski definition) is 1. The van der Waals surface area contributed by atoms with Gasteiger partial charge in [-0.2, -0.15) is 0 Å². The van der Waals surface area contributed by atoms with Gasteiger partial charge < -0.3 is 4.57 Å². The first-order chi connectivity index (χ1) is 24.8. The van der Waals surface area contributed by atoms with E-state index in [0.717, 1.165) is 5.69 Å². The Morgan fingerprint density at radius 1 is 0.280 bits per heavy atom. The lowest BCUT2D eigenvalue weighted by Gasteiger charge is -2.11. The molecule has 2 heteroatoms. The number of rotatable bonds is 5. The SMILES string of the molecule is c1ccc(-c2cccc(-c3ccc4c(c3)c3ccccc3n4-c3ccc(-c4ccc(-c5ccc6c(c5)sc5ccccc56)cc4)cc3)c2)cc1. The largest absolute Gasteiger partial charge is 0.309 e. The maximum absolute atomic E-state index is 2.39. The Bertz CT molecular complexity index is 2840. The lowest BCUT2D eigenvalue weighted by molar-refractivity contribution is 1.18. The summed E-state index contributed by atoms with van der Waals surface area (Å²) in [5.74, 6) is 0. The molecule has 0 saturated heterocycles.